The lowest BCUT2D eigenvalue weighted by Gasteiger charge is -2.40. The molecule has 2 aromatic heterocycles. The third kappa shape index (κ3) is 3.77. The lowest BCUT2D eigenvalue weighted by Crippen LogP contribution is -2.51. The number of alkyl halides is 1. The van der Waals surface area contributed by atoms with Crippen LogP contribution < -0.4 is 20.1 Å². The van der Waals surface area contributed by atoms with E-state index in [1.807, 2.05) is 18.0 Å². The summed E-state index contributed by atoms with van der Waals surface area (Å²) in [5.74, 6) is -0.711. The predicted octanol–water partition coefficient (Wildman–Crippen LogP) is 6.21. The first-order valence-electron chi connectivity index (χ1n) is 14.3. The number of nitrogens with zero attached hydrogens (tertiary/aromatic N) is 5. The fraction of sp³-hybridized carbons (Fsp3) is 0.433. The van der Waals surface area contributed by atoms with Gasteiger partial charge in [-0.2, -0.15) is 15.2 Å². The van der Waals surface area contributed by atoms with Crippen molar-refractivity contribution >= 4 is 54.7 Å². The minimum atomic E-state index is -0.924. The lowest BCUT2D eigenvalue weighted by molar-refractivity contribution is 0.0948. The molecular formula is C30H26ClF3N6O2S. The second kappa shape index (κ2) is 9.48. The Labute approximate surface area is 253 Å². The van der Waals surface area contributed by atoms with Crippen LogP contribution in [0.5, 0.6) is 11.8 Å². The average molecular weight is 627 g/mol. The van der Waals surface area contributed by atoms with E-state index in [9.17, 15) is 14.0 Å². The van der Waals surface area contributed by atoms with Crippen molar-refractivity contribution in [2.45, 2.75) is 56.0 Å². The van der Waals surface area contributed by atoms with Gasteiger partial charge in [-0.25, -0.2) is 13.2 Å². The van der Waals surface area contributed by atoms with Crippen molar-refractivity contribution in [2.75, 3.05) is 37.4 Å². The number of halogens is 4. The molecule has 2 aromatic carbocycles. The van der Waals surface area contributed by atoms with Crippen LogP contribution in [0.15, 0.2) is 12.1 Å². The Kier molecular flexibility index (Phi) is 5.97. The van der Waals surface area contributed by atoms with Gasteiger partial charge >= 0.3 is 6.01 Å². The Morgan fingerprint density at radius 3 is 2.88 bits per heavy atom. The molecule has 0 amide bonds. The summed E-state index contributed by atoms with van der Waals surface area (Å²) in [4.78, 5) is 13.3. The van der Waals surface area contributed by atoms with Crippen molar-refractivity contribution in [3.8, 4) is 29.0 Å². The standard InChI is InChI=1S/C30H26ClF3N6O2S/c1-39-17-5-6-18(17)42-25-21-24(37-29(38-28(21)39)41-12-30-7-2-8-40(30)11-13(32)9-30)23(34)20(22(25)31)14-3-4-16(33)26-19(14)15(10-35)27(36)43-26/h3-4,13,17-18H,2,5-9,11-12,36H2,1H3/t13-,17?,18?,30+/m1/s1. The highest BCUT2D eigenvalue weighted by Gasteiger charge is 2.49. The summed E-state index contributed by atoms with van der Waals surface area (Å²) >= 11 is 7.90. The maximum Gasteiger partial charge on any atom is 0.319 e. The van der Waals surface area contributed by atoms with Crippen LogP contribution in [0.2, 0.25) is 5.02 Å². The third-order valence-electron chi connectivity index (χ3n) is 9.65. The van der Waals surface area contributed by atoms with Crippen molar-refractivity contribution in [1.29, 1.82) is 5.26 Å². The number of hydrogen-bond donors (Lipinski definition) is 1. The smallest absolute Gasteiger partial charge is 0.319 e. The maximum atomic E-state index is 16.9. The van der Waals surface area contributed by atoms with E-state index < -0.39 is 23.3 Å². The molecule has 0 spiro atoms. The zero-order valence-electron chi connectivity index (χ0n) is 23.1. The summed E-state index contributed by atoms with van der Waals surface area (Å²) in [6.07, 6.45) is 2.60. The molecule has 4 aromatic rings. The molecule has 4 atom stereocenters. The normalized spacial score (nSPS) is 26.1. The summed E-state index contributed by atoms with van der Waals surface area (Å²) in [5.41, 5.74) is 5.73. The molecule has 2 saturated heterocycles. The number of thiophene rings is 1. The number of nitrogen functional groups attached to an aromatic ring is 1. The van der Waals surface area contributed by atoms with Gasteiger partial charge in [-0.05, 0) is 43.9 Å². The number of rotatable bonds is 4. The molecule has 0 bridgehead atoms. The molecule has 4 aliphatic rings. The van der Waals surface area contributed by atoms with E-state index in [0.717, 1.165) is 43.6 Å². The first kappa shape index (κ1) is 27.0. The van der Waals surface area contributed by atoms with E-state index in [1.54, 1.807) is 0 Å². The van der Waals surface area contributed by atoms with Crippen molar-refractivity contribution in [3.63, 3.8) is 0 Å². The van der Waals surface area contributed by atoms with Crippen molar-refractivity contribution < 1.29 is 22.6 Å². The quantitative estimate of drug-likeness (QED) is 0.285. The first-order valence-corrected chi connectivity index (χ1v) is 15.4. The van der Waals surface area contributed by atoms with Gasteiger partial charge in [0.05, 0.1) is 32.3 Å². The molecule has 5 heterocycles. The van der Waals surface area contributed by atoms with Crippen LogP contribution >= 0.6 is 22.9 Å². The molecule has 2 N–H and O–H groups in total. The molecule has 43 heavy (non-hydrogen) atoms. The molecule has 3 fully saturated rings. The fourth-order valence-corrected chi connectivity index (χ4v) is 8.67. The fourth-order valence-electron chi connectivity index (χ4n) is 7.40. The van der Waals surface area contributed by atoms with Crippen LogP contribution in [0.25, 0.3) is 32.1 Å². The minimum absolute atomic E-state index is 0.0218. The van der Waals surface area contributed by atoms with Gasteiger partial charge in [0.25, 0.3) is 0 Å². The number of aromatic nitrogens is 2. The Morgan fingerprint density at radius 1 is 1.28 bits per heavy atom. The van der Waals surface area contributed by atoms with Gasteiger partial charge in [-0.1, -0.05) is 17.7 Å². The van der Waals surface area contributed by atoms with E-state index in [-0.39, 0.29) is 72.8 Å². The molecule has 13 heteroatoms. The number of benzene rings is 2. The third-order valence-corrected chi connectivity index (χ3v) is 11.0. The van der Waals surface area contributed by atoms with Crippen molar-refractivity contribution in [2.24, 2.45) is 0 Å². The summed E-state index contributed by atoms with van der Waals surface area (Å²) < 4.78 is 58.9. The number of nitrogens with two attached hydrogens (primary N) is 1. The van der Waals surface area contributed by atoms with Crippen LogP contribution in [0.1, 0.15) is 37.7 Å². The Balaban J connectivity index is 1.35. The largest absolute Gasteiger partial charge is 0.486 e. The Hall–Kier alpha value is -3.53. The van der Waals surface area contributed by atoms with Gasteiger partial charge in [-0.15, -0.1) is 11.3 Å². The van der Waals surface area contributed by atoms with E-state index >= 15 is 4.39 Å². The van der Waals surface area contributed by atoms with E-state index in [2.05, 4.69) is 9.88 Å². The molecule has 0 radical (unpaired) electrons. The highest BCUT2D eigenvalue weighted by atomic mass is 35.5. The lowest BCUT2D eigenvalue weighted by atomic mass is 9.88. The molecule has 2 unspecified atom stereocenters. The van der Waals surface area contributed by atoms with Crippen LogP contribution in [-0.4, -0.2) is 65.5 Å². The molecule has 3 aliphatic heterocycles. The Bertz CT molecular complexity index is 1900. The number of likely N-dealkylation sites (N-methyl/N-ethyl adjacent to an activating group) is 1. The van der Waals surface area contributed by atoms with Crippen LogP contribution in [0.3, 0.4) is 0 Å². The summed E-state index contributed by atoms with van der Waals surface area (Å²) in [7, 11) is 1.87. The van der Waals surface area contributed by atoms with Crippen LogP contribution in [0, 0.1) is 23.0 Å². The second-order valence-corrected chi connectivity index (χ2v) is 13.3. The number of hydrogen-bond acceptors (Lipinski definition) is 9. The van der Waals surface area contributed by atoms with E-state index in [1.165, 1.54) is 12.1 Å². The zero-order valence-corrected chi connectivity index (χ0v) is 24.7. The maximum absolute atomic E-state index is 16.9. The molecular weight excluding hydrogens is 601 g/mol. The number of anilines is 2. The highest BCUT2D eigenvalue weighted by Crippen LogP contribution is 2.53. The molecule has 222 valence electrons. The van der Waals surface area contributed by atoms with E-state index in [0.29, 0.717) is 24.2 Å². The highest BCUT2D eigenvalue weighted by molar-refractivity contribution is 7.23. The Morgan fingerprint density at radius 2 is 2.12 bits per heavy atom. The number of ether oxygens (including phenoxy) is 2. The first-order chi connectivity index (χ1) is 20.7. The van der Waals surface area contributed by atoms with Gasteiger partial charge in [-0.3, -0.25) is 4.90 Å². The van der Waals surface area contributed by atoms with Gasteiger partial charge in [0, 0.05) is 31.0 Å². The monoisotopic (exact) mass is 626 g/mol. The van der Waals surface area contributed by atoms with Gasteiger partial charge in [0.15, 0.2) is 11.6 Å². The van der Waals surface area contributed by atoms with Crippen LogP contribution in [0.4, 0.5) is 24.0 Å². The topological polar surface area (TPSA) is 101 Å². The summed E-state index contributed by atoms with van der Waals surface area (Å²) in [6, 6.07) is 4.57. The van der Waals surface area contributed by atoms with Gasteiger partial charge < -0.3 is 20.1 Å². The molecule has 1 saturated carbocycles. The average Bonchev–Trinajstić information content (AvgIpc) is 3.59. The second-order valence-electron chi connectivity index (χ2n) is 11.9. The van der Waals surface area contributed by atoms with Crippen molar-refractivity contribution in [3.05, 3.63) is 34.4 Å². The number of fused-ring (bicyclic) bond motifs is 3. The number of nitriles is 1. The molecule has 8 nitrogen and oxygen atoms in total. The molecule has 1 aliphatic carbocycles. The van der Waals surface area contributed by atoms with Crippen molar-refractivity contribution in [1.82, 2.24) is 14.9 Å². The zero-order chi connectivity index (χ0) is 29.8. The van der Waals surface area contributed by atoms with Gasteiger partial charge in [0.2, 0.25) is 0 Å². The van der Waals surface area contributed by atoms with Gasteiger partial charge in [0.1, 0.15) is 47.1 Å². The minimum Gasteiger partial charge on any atom is -0.486 e. The SMILES string of the molecule is CN1c2nc(OC[C@@]34CCCN3C[C@H](F)C4)nc3c(F)c(-c4ccc(F)c5sc(N)c(C#N)c45)c(Cl)c(c23)OC2CCC21. The van der Waals surface area contributed by atoms with E-state index in [4.69, 9.17) is 31.8 Å². The van der Waals surface area contributed by atoms with Crippen LogP contribution in [-0.2, 0) is 0 Å². The molecule has 8 rings (SSSR count). The summed E-state index contributed by atoms with van der Waals surface area (Å²) in [6.45, 7) is 1.36. The predicted molar refractivity (Wildman–Crippen MR) is 159 cm³/mol. The summed E-state index contributed by atoms with van der Waals surface area (Å²) in [5, 5.41) is 10.5.